The standard InChI is InChI=1S/C15H22BrNO/c1-12(14-5-6-14)17(9-10-18-2)11-13-3-7-15(16)8-4-13/h3-4,7-8,12,14H,5-6,9-11H2,1-2H3. The molecule has 0 saturated heterocycles. The fraction of sp³-hybridized carbons (Fsp3) is 0.600. The maximum absolute atomic E-state index is 5.23. The minimum atomic E-state index is 0.670. The van der Waals surface area contributed by atoms with Crippen LogP contribution in [0.2, 0.25) is 0 Å². The Morgan fingerprint density at radius 2 is 2.00 bits per heavy atom. The molecule has 1 aliphatic carbocycles. The lowest BCUT2D eigenvalue weighted by Gasteiger charge is -2.29. The molecular weight excluding hydrogens is 290 g/mol. The lowest BCUT2D eigenvalue weighted by atomic mass is 10.1. The van der Waals surface area contributed by atoms with Crippen LogP contribution in [0.4, 0.5) is 0 Å². The van der Waals surface area contributed by atoms with Gasteiger partial charge in [0, 0.05) is 30.7 Å². The summed E-state index contributed by atoms with van der Waals surface area (Å²) in [7, 11) is 1.78. The van der Waals surface area contributed by atoms with Crippen molar-refractivity contribution in [2.45, 2.75) is 32.4 Å². The van der Waals surface area contributed by atoms with Gasteiger partial charge in [0.05, 0.1) is 6.61 Å². The number of ether oxygens (including phenoxy) is 1. The first-order valence-electron chi connectivity index (χ1n) is 6.68. The molecule has 1 atom stereocenters. The summed E-state index contributed by atoms with van der Waals surface area (Å²) in [5, 5.41) is 0. The first kappa shape index (κ1) is 14.0. The summed E-state index contributed by atoms with van der Waals surface area (Å²) < 4.78 is 6.37. The van der Waals surface area contributed by atoms with Crippen molar-refractivity contribution in [2.75, 3.05) is 20.3 Å². The molecule has 0 radical (unpaired) electrons. The second-order valence-electron chi connectivity index (χ2n) is 5.17. The Bertz CT molecular complexity index is 361. The zero-order valence-electron chi connectivity index (χ0n) is 11.2. The minimum absolute atomic E-state index is 0.670. The zero-order valence-corrected chi connectivity index (χ0v) is 12.8. The summed E-state index contributed by atoms with van der Waals surface area (Å²) in [6.07, 6.45) is 2.79. The Labute approximate surface area is 118 Å². The lowest BCUT2D eigenvalue weighted by molar-refractivity contribution is 0.111. The highest BCUT2D eigenvalue weighted by Gasteiger charge is 2.31. The SMILES string of the molecule is COCCN(Cc1ccc(Br)cc1)C(C)C1CC1. The molecule has 2 nitrogen and oxygen atoms in total. The van der Waals surface area contributed by atoms with E-state index in [-0.39, 0.29) is 0 Å². The van der Waals surface area contributed by atoms with Gasteiger partial charge in [-0.3, -0.25) is 4.90 Å². The highest BCUT2D eigenvalue weighted by molar-refractivity contribution is 9.10. The van der Waals surface area contributed by atoms with Gasteiger partial charge >= 0.3 is 0 Å². The van der Waals surface area contributed by atoms with Crippen molar-refractivity contribution in [3.63, 3.8) is 0 Å². The van der Waals surface area contributed by atoms with Crippen molar-refractivity contribution in [3.8, 4) is 0 Å². The van der Waals surface area contributed by atoms with E-state index >= 15 is 0 Å². The summed E-state index contributed by atoms with van der Waals surface area (Å²) in [5.41, 5.74) is 1.38. The van der Waals surface area contributed by atoms with Crippen molar-refractivity contribution in [1.82, 2.24) is 4.90 Å². The summed E-state index contributed by atoms with van der Waals surface area (Å²) in [6.45, 7) is 5.21. The fourth-order valence-electron chi connectivity index (χ4n) is 2.34. The quantitative estimate of drug-likeness (QED) is 0.761. The topological polar surface area (TPSA) is 12.5 Å². The van der Waals surface area contributed by atoms with Gasteiger partial charge in [0.15, 0.2) is 0 Å². The van der Waals surface area contributed by atoms with E-state index in [1.165, 1.54) is 18.4 Å². The van der Waals surface area contributed by atoms with Crippen LogP contribution in [-0.4, -0.2) is 31.2 Å². The molecule has 0 amide bonds. The number of methoxy groups -OCH3 is 1. The van der Waals surface area contributed by atoms with Crippen LogP contribution in [0.15, 0.2) is 28.7 Å². The van der Waals surface area contributed by atoms with Gasteiger partial charge in [0.2, 0.25) is 0 Å². The minimum Gasteiger partial charge on any atom is -0.383 e. The monoisotopic (exact) mass is 311 g/mol. The first-order chi connectivity index (χ1) is 8.70. The third-order valence-electron chi connectivity index (χ3n) is 3.76. The molecule has 1 aromatic rings. The second-order valence-corrected chi connectivity index (χ2v) is 6.08. The smallest absolute Gasteiger partial charge is 0.0589 e. The zero-order chi connectivity index (χ0) is 13.0. The van der Waals surface area contributed by atoms with Crippen molar-refractivity contribution in [2.24, 2.45) is 5.92 Å². The molecular formula is C15H22BrNO. The fourth-order valence-corrected chi connectivity index (χ4v) is 2.60. The molecule has 0 aliphatic heterocycles. The maximum atomic E-state index is 5.23. The van der Waals surface area contributed by atoms with Crippen LogP contribution in [0.3, 0.4) is 0 Å². The average molecular weight is 312 g/mol. The molecule has 0 N–H and O–H groups in total. The molecule has 1 unspecified atom stereocenters. The number of nitrogens with zero attached hydrogens (tertiary/aromatic N) is 1. The van der Waals surface area contributed by atoms with Crippen LogP contribution in [0.5, 0.6) is 0 Å². The lowest BCUT2D eigenvalue weighted by Crippen LogP contribution is -2.36. The predicted octanol–water partition coefficient (Wildman–Crippen LogP) is 3.70. The van der Waals surface area contributed by atoms with Gasteiger partial charge in [0.25, 0.3) is 0 Å². The van der Waals surface area contributed by atoms with E-state index in [0.717, 1.165) is 30.1 Å². The Morgan fingerprint density at radius 3 is 2.56 bits per heavy atom. The largest absolute Gasteiger partial charge is 0.383 e. The van der Waals surface area contributed by atoms with E-state index in [4.69, 9.17) is 4.74 Å². The van der Waals surface area contributed by atoms with Gasteiger partial charge in [-0.05, 0) is 43.4 Å². The van der Waals surface area contributed by atoms with Gasteiger partial charge < -0.3 is 4.74 Å². The number of hydrogen-bond donors (Lipinski definition) is 0. The van der Waals surface area contributed by atoms with Gasteiger partial charge in [-0.2, -0.15) is 0 Å². The van der Waals surface area contributed by atoms with Gasteiger partial charge in [-0.1, -0.05) is 28.1 Å². The number of benzene rings is 1. The molecule has 0 aromatic heterocycles. The molecule has 1 aliphatic rings. The van der Waals surface area contributed by atoms with Crippen LogP contribution in [0.25, 0.3) is 0 Å². The van der Waals surface area contributed by atoms with Crippen molar-refractivity contribution >= 4 is 15.9 Å². The Hall–Kier alpha value is -0.380. The molecule has 100 valence electrons. The van der Waals surface area contributed by atoms with Crippen LogP contribution < -0.4 is 0 Å². The molecule has 1 saturated carbocycles. The van der Waals surface area contributed by atoms with E-state index in [9.17, 15) is 0 Å². The van der Waals surface area contributed by atoms with E-state index in [0.29, 0.717) is 6.04 Å². The molecule has 3 heteroatoms. The average Bonchev–Trinajstić information content (AvgIpc) is 3.20. The number of hydrogen-bond acceptors (Lipinski definition) is 2. The highest BCUT2D eigenvalue weighted by Crippen LogP contribution is 2.35. The van der Waals surface area contributed by atoms with Crippen LogP contribution in [-0.2, 0) is 11.3 Å². The normalized spacial score (nSPS) is 17.1. The van der Waals surface area contributed by atoms with Gasteiger partial charge in [-0.25, -0.2) is 0 Å². The molecule has 1 fully saturated rings. The van der Waals surface area contributed by atoms with Crippen molar-refractivity contribution in [3.05, 3.63) is 34.3 Å². The van der Waals surface area contributed by atoms with E-state index < -0.39 is 0 Å². The Morgan fingerprint density at radius 1 is 1.33 bits per heavy atom. The molecule has 18 heavy (non-hydrogen) atoms. The van der Waals surface area contributed by atoms with Crippen molar-refractivity contribution in [1.29, 1.82) is 0 Å². The number of rotatable bonds is 7. The van der Waals surface area contributed by atoms with E-state index in [1.807, 2.05) is 0 Å². The summed E-state index contributed by atoms with van der Waals surface area (Å²) in [6, 6.07) is 9.30. The van der Waals surface area contributed by atoms with Gasteiger partial charge in [-0.15, -0.1) is 0 Å². The van der Waals surface area contributed by atoms with E-state index in [1.54, 1.807) is 7.11 Å². The van der Waals surface area contributed by atoms with Crippen molar-refractivity contribution < 1.29 is 4.74 Å². The Kier molecular flexibility index (Phi) is 5.22. The van der Waals surface area contributed by atoms with Crippen LogP contribution >= 0.6 is 15.9 Å². The Balaban J connectivity index is 1.96. The van der Waals surface area contributed by atoms with Crippen LogP contribution in [0, 0.1) is 5.92 Å². The second kappa shape index (κ2) is 6.69. The number of halogens is 1. The van der Waals surface area contributed by atoms with Crippen LogP contribution in [0.1, 0.15) is 25.3 Å². The third kappa shape index (κ3) is 4.08. The molecule has 0 spiro atoms. The summed E-state index contributed by atoms with van der Waals surface area (Å²) in [5.74, 6) is 0.900. The summed E-state index contributed by atoms with van der Waals surface area (Å²) in [4.78, 5) is 2.55. The first-order valence-corrected chi connectivity index (χ1v) is 7.47. The molecule has 2 rings (SSSR count). The van der Waals surface area contributed by atoms with E-state index in [2.05, 4.69) is 52.0 Å². The molecule has 0 heterocycles. The van der Waals surface area contributed by atoms with Gasteiger partial charge in [0.1, 0.15) is 0 Å². The summed E-state index contributed by atoms with van der Waals surface area (Å²) >= 11 is 3.48. The highest BCUT2D eigenvalue weighted by atomic mass is 79.9. The maximum Gasteiger partial charge on any atom is 0.0589 e. The molecule has 1 aromatic carbocycles. The third-order valence-corrected chi connectivity index (χ3v) is 4.29. The predicted molar refractivity (Wildman–Crippen MR) is 78.6 cm³/mol. The molecule has 0 bridgehead atoms.